The summed E-state index contributed by atoms with van der Waals surface area (Å²) in [5, 5.41) is 17.4. The molecule has 4 rings (SSSR count). The van der Waals surface area contributed by atoms with Crippen LogP contribution >= 0.6 is 0 Å². The van der Waals surface area contributed by atoms with Crippen LogP contribution in [0.1, 0.15) is 46.0 Å². The molecule has 0 aliphatic carbocycles. The molecule has 2 heterocycles. The van der Waals surface area contributed by atoms with E-state index in [2.05, 4.69) is 32.7 Å². The van der Waals surface area contributed by atoms with Crippen LogP contribution < -0.4 is 27.2 Å². The molecule has 12 heteroatoms. The molecule has 254 valence electrons. The van der Waals surface area contributed by atoms with Crippen molar-refractivity contribution in [2.24, 2.45) is 5.73 Å². The van der Waals surface area contributed by atoms with E-state index in [1.165, 1.54) is 12.1 Å². The zero-order chi connectivity index (χ0) is 35.0. The first-order chi connectivity index (χ1) is 22.8. The predicted octanol–water partition coefficient (Wildman–Crippen LogP) is 5.03. The quantitative estimate of drug-likeness (QED) is 0.195. The van der Waals surface area contributed by atoms with Gasteiger partial charge >= 0.3 is 6.18 Å². The van der Waals surface area contributed by atoms with E-state index in [0.717, 1.165) is 24.6 Å². The summed E-state index contributed by atoms with van der Waals surface area (Å²) < 4.78 is 44.0. The topological polar surface area (TPSA) is 114 Å². The van der Waals surface area contributed by atoms with Crippen LogP contribution in [0.5, 0.6) is 0 Å². The van der Waals surface area contributed by atoms with Crippen molar-refractivity contribution in [2.45, 2.75) is 39.0 Å². The Morgan fingerprint density at radius 1 is 1.17 bits per heavy atom. The second-order valence-electron chi connectivity index (χ2n) is 11.8. The maximum atomic E-state index is 14.1. The first-order valence-corrected chi connectivity index (χ1v) is 15.6. The minimum atomic E-state index is -4.57. The normalized spacial score (nSPS) is 15.7. The summed E-state index contributed by atoms with van der Waals surface area (Å²) in [5.74, 6) is 5.65. The maximum absolute atomic E-state index is 14.1. The number of allylic oxidation sites excluding steroid dienone is 2. The van der Waals surface area contributed by atoms with E-state index in [9.17, 15) is 18.0 Å². The molecule has 0 spiro atoms. The van der Waals surface area contributed by atoms with Crippen molar-refractivity contribution in [1.29, 1.82) is 5.41 Å². The minimum absolute atomic E-state index is 0.0586. The molecular formula is C36H43F3N8O. The highest BCUT2D eigenvalue weighted by Crippen LogP contribution is 2.35. The van der Waals surface area contributed by atoms with Gasteiger partial charge < -0.3 is 26.6 Å². The van der Waals surface area contributed by atoms with Gasteiger partial charge in [0.15, 0.2) is 5.49 Å². The number of halogens is 3. The average Bonchev–Trinajstić information content (AvgIpc) is 3.52. The van der Waals surface area contributed by atoms with Gasteiger partial charge in [-0.3, -0.25) is 19.7 Å². The molecule has 1 fully saturated rings. The minimum Gasteiger partial charge on any atom is -0.393 e. The number of likely N-dealkylation sites (N-methyl/N-ethyl adjacent to an activating group) is 1. The van der Waals surface area contributed by atoms with Gasteiger partial charge in [0.1, 0.15) is 0 Å². The van der Waals surface area contributed by atoms with Crippen LogP contribution in [-0.2, 0) is 12.7 Å². The highest BCUT2D eigenvalue weighted by atomic mass is 19.4. The lowest BCUT2D eigenvalue weighted by atomic mass is 10.0. The molecule has 6 N–H and O–H groups in total. The van der Waals surface area contributed by atoms with Gasteiger partial charge in [-0.25, -0.2) is 0 Å². The molecule has 9 nitrogen and oxygen atoms in total. The molecule has 1 saturated heterocycles. The van der Waals surface area contributed by atoms with Crippen molar-refractivity contribution in [3.8, 4) is 11.8 Å². The standard InChI is InChI=1S/C36H43F3N8O/c1-6-30(47-16-7-8-33(34(47)41)43-29(20-40)21-42-3)14-12-25-18-26(10-9-24(25)2)35(48)44-28-13-11-27(32(19-28)36(37,38)39)22-46-17-15-31(23-46)45(4)5/h6-11,13,16,18-19,21,31,41-43H,15,17,20,22-23,40H2,1-5H3,(H,44,48)/b29-21+,30-6-,41-34?/t31-/m1/s1. The molecule has 1 aliphatic rings. The number of pyridine rings is 1. The van der Waals surface area contributed by atoms with Gasteiger partial charge in [-0.2, -0.15) is 13.2 Å². The third kappa shape index (κ3) is 8.95. The van der Waals surface area contributed by atoms with Gasteiger partial charge in [-0.1, -0.05) is 24.1 Å². The summed E-state index contributed by atoms with van der Waals surface area (Å²) in [6, 6.07) is 12.8. The molecule has 1 aromatic heterocycles. The molecule has 48 heavy (non-hydrogen) atoms. The number of aryl methyl sites for hydroxylation is 1. The molecule has 1 atom stereocenters. The van der Waals surface area contributed by atoms with E-state index in [0.29, 0.717) is 35.2 Å². The van der Waals surface area contributed by atoms with E-state index in [4.69, 9.17) is 11.1 Å². The Bertz CT molecular complexity index is 1810. The summed E-state index contributed by atoms with van der Waals surface area (Å²) in [7, 11) is 5.71. The van der Waals surface area contributed by atoms with Crippen LogP contribution in [0.2, 0.25) is 0 Å². The van der Waals surface area contributed by atoms with Crippen molar-refractivity contribution in [3.05, 3.63) is 106 Å². The van der Waals surface area contributed by atoms with Crippen LogP contribution in [0.3, 0.4) is 0 Å². The molecule has 1 aliphatic heterocycles. The summed E-state index contributed by atoms with van der Waals surface area (Å²) in [4.78, 5) is 17.4. The summed E-state index contributed by atoms with van der Waals surface area (Å²) in [6.07, 6.45) is 1.56. The number of benzene rings is 2. The van der Waals surface area contributed by atoms with E-state index >= 15 is 0 Å². The number of likely N-dealkylation sites (tertiary alicyclic amines) is 1. The van der Waals surface area contributed by atoms with E-state index < -0.39 is 17.6 Å². The number of amides is 1. The SMILES string of the molecule is C/C=C(/C#Cc1cc(C(=O)Nc2ccc(CN3CC[C@@H](N(C)C)C3)c(C(F)(F)F)c2)ccc1C)n1cccc(N/C(=C/NC)CN)c1=N. The van der Waals surface area contributed by atoms with Gasteiger partial charge in [0.2, 0.25) is 0 Å². The van der Waals surface area contributed by atoms with Crippen LogP contribution in [0.4, 0.5) is 24.5 Å². The number of nitrogens with one attached hydrogen (secondary N) is 4. The first-order valence-electron chi connectivity index (χ1n) is 15.6. The Kier molecular flexibility index (Phi) is 11.9. The van der Waals surface area contributed by atoms with Crippen molar-refractivity contribution >= 4 is 23.0 Å². The lowest BCUT2D eigenvalue weighted by Crippen LogP contribution is -2.31. The second kappa shape index (κ2) is 15.8. The van der Waals surface area contributed by atoms with Crippen molar-refractivity contribution < 1.29 is 18.0 Å². The zero-order valence-corrected chi connectivity index (χ0v) is 27.9. The number of carbonyl (C=O) groups is 1. The van der Waals surface area contributed by atoms with E-state index in [-0.39, 0.29) is 35.4 Å². The van der Waals surface area contributed by atoms with Gasteiger partial charge in [0, 0.05) is 74.2 Å². The smallest absolute Gasteiger partial charge is 0.393 e. The van der Waals surface area contributed by atoms with Gasteiger partial charge in [0.25, 0.3) is 5.91 Å². The number of rotatable bonds is 10. The number of hydrogen-bond donors (Lipinski definition) is 5. The lowest BCUT2D eigenvalue weighted by molar-refractivity contribution is -0.138. The average molecular weight is 661 g/mol. The van der Waals surface area contributed by atoms with Gasteiger partial charge in [-0.05, 0) is 87.8 Å². The van der Waals surface area contributed by atoms with Gasteiger partial charge in [0.05, 0.1) is 16.9 Å². The lowest BCUT2D eigenvalue weighted by Gasteiger charge is -2.22. The molecule has 0 radical (unpaired) electrons. The molecule has 0 saturated carbocycles. The Morgan fingerprint density at radius 2 is 1.94 bits per heavy atom. The third-order valence-corrected chi connectivity index (χ3v) is 8.23. The fourth-order valence-corrected chi connectivity index (χ4v) is 5.48. The monoisotopic (exact) mass is 660 g/mol. The number of carbonyl (C=O) groups excluding carboxylic acids is 1. The highest BCUT2D eigenvalue weighted by molar-refractivity contribution is 6.04. The van der Waals surface area contributed by atoms with Crippen molar-refractivity contribution in [1.82, 2.24) is 19.7 Å². The number of nitrogens with zero attached hydrogens (tertiary/aromatic N) is 3. The first kappa shape index (κ1) is 36.0. The fourth-order valence-electron chi connectivity index (χ4n) is 5.48. The molecule has 1 amide bonds. The number of aromatic nitrogens is 1. The molecule has 0 bridgehead atoms. The zero-order valence-electron chi connectivity index (χ0n) is 27.9. The summed E-state index contributed by atoms with van der Waals surface area (Å²) in [5.41, 5.74) is 8.86. The summed E-state index contributed by atoms with van der Waals surface area (Å²) in [6.45, 7) is 5.53. The van der Waals surface area contributed by atoms with Crippen molar-refractivity contribution in [3.63, 3.8) is 0 Å². The molecule has 2 aromatic carbocycles. The largest absolute Gasteiger partial charge is 0.416 e. The number of alkyl halides is 3. The van der Waals surface area contributed by atoms with Crippen molar-refractivity contribution in [2.75, 3.05) is 51.4 Å². The van der Waals surface area contributed by atoms with Gasteiger partial charge in [-0.15, -0.1) is 0 Å². The number of anilines is 2. The number of nitrogens with two attached hydrogens (primary N) is 1. The van der Waals surface area contributed by atoms with E-state index in [1.54, 1.807) is 60.4 Å². The Hall–Kier alpha value is -4.83. The molecular weight excluding hydrogens is 617 g/mol. The Morgan fingerprint density at radius 3 is 2.58 bits per heavy atom. The van der Waals surface area contributed by atoms with Crippen LogP contribution in [0.25, 0.3) is 5.70 Å². The Labute approximate surface area is 279 Å². The highest BCUT2D eigenvalue weighted by Gasteiger charge is 2.35. The third-order valence-electron chi connectivity index (χ3n) is 8.23. The van der Waals surface area contributed by atoms with Crippen LogP contribution in [0, 0.1) is 24.2 Å². The van der Waals surface area contributed by atoms with Crippen LogP contribution in [-0.4, -0.2) is 67.1 Å². The van der Waals surface area contributed by atoms with E-state index in [1.807, 2.05) is 32.8 Å². The molecule has 0 unspecified atom stereocenters. The number of hydrogen-bond acceptors (Lipinski definition) is 7. The fraction of sp³-hybridized carbons (Fsp3) is 0.333. The van der Waals surface area contributed by atoms with Crippen LogP contribution in [0.15, 0.2) is 72.7 Å². The predicted molar refractivity (Wildman–Crippen MR) is 185 cm³/mol. The molecule has 3 aromatic rings. The maximum Gasteiger partial charge on any atom is 0.416 e. The summed E-state index contributed by atoms with van der Waals surface area (Å²) >= 11 is 0. The second-order valence-corrected chi connectivity index (χ2v) is 11.8. The Balaban J connectivity index is 1.54.